The minimum Gasteiger partial charge on any atom is -0.352 e. The molecule has 0 atom stereocenters. The Morgan fingerprint density at radius 1 is 1.27 bits per heavy atom. The van der Waals surface area contributed by atoms with E-state index < -0.39 is 0 Å². The lowest BCUT2D eigenvalue weighted by Crippen LogP contribution is -2.47. The molecule has 1 saturated carbocycles. The van der Waals surface area contributed by atoms with Crippen LogP contribution in [0.15, 0.2) is 30.7 Å². The zero-order valence-corrected chi connectivity index (χ0v) is 17.5. The first-order valence-electron chi connectivity index (χ1n) is 9.69. The summed E-state index contributed by atoms with van der Waals surface area (Å²) in [4.78, 5) is 24.9. The molecule has 30 heavy (non-hydrogen) atoms. The highest BCUT2D eigenvalue weighted by molar-refractivity contribution is 7.14. The highest BCUT2D eigenvalue weighted by Gasteiger charge is 2.46. The summed E-state index contributed by atoms with van der Waals surface area (Å²) in [5.41, 5.74) is 0.692. The molecule has 1 aliphatic rings. The van der Waals surface area contributed by atoms with E-state index in [1.807, 2.05) is 0 Å². The minimum absolute atomic E-state index is 0.0916. The van der Waals surface area contributed by atoms with Gasteiger partial charge < -0.3 is 10.6 Å². The Bertz CT molecular complexity index is 1030. The van der Waals surface area contributed by atoms with Gasteiger partial charge in [0.25, 0.3) is 0 Å². The van der Waals surface area contributed by atoms with Crippen LogP contribution >= 0.6 is 11.3 Å². The number of hydrogen-bond donors (Lipinski definition) is 2. The Labute approximate surface area is 177 Å². The van der Waals surface area contributed by atoms with E-state index in [1.54, 1.807) is 24.7 Å². The Hall–Kier alpha value is -3.01. The summed E-state index contributed by atoms with van der Waals surface area (Å²) >= 11 is 1.42. The van der Waals surface area contributed by atoms with Crippen molar-refractivity contribution >= 4 is 23.2 Å². The number of hydrogen-bond acceptors (Lipinski definition) is 8. The number of amides is 1. The lowest BCUT2D eigenvalue weighted by atomic mass is 9.60. The molecular weight excluding hydrogens is 405 g/mol. The summed E-state index contributed by atoms with van der Waals surface area (Å²) in [5.74, 6) is 0.528. The summed E-state index contributed by atoms with van der Waals surface area (Å²) in [6.45, 7) is 4.54. The Morgan fingerprint density at radius 3 is 2.77 bits per heavy atom. The highest BCUT2D eigenvalue weighted by atomic mass is 32.1. The standard InChI is InChI=1S/C20H22FN7OS/c1-12-6-20(7-12,17-15(21)4-3-5-22-17)11-26-19-25-10-16(27-28-19)18-24-9-14(30-18)8-23-13(2)29/h3-5,9-10,12H,6-8,11H2,1-2H3,(H,23,29)(H,25,26,28). The van der Waals surface area contributed by atoms with Crippen molar-refractivity contribution in [2.75, 3.05) is 11.9 Å². The number of halogens is 1. The molecule has 0 aliphatic heterocycles. The number of nitrogens with zero attached hydrogens (tertiary/aromatic N) is 5. The molecule has 0 saturated heterocycles. The number of nitrogens with one attached hydrogen (secondary N) is 2. The number of thiazole rings is 1. The van der Waals surface area contributed by atoms with Crippen molar-refractivity contribution in [2.45, 2.75) is 38.6 Å². The van der Waals surface area contributed by atoms with Crippen molar-refractivity contribution in [3.8, 4) is 10.7 Å². The summed E-state index contributed by atoms with van der Waals surface area (Å²) in [6, 6.07) is 3.06. The third kappa shape index (κ3) is 4.28. The SMILES string of the molecule is CC(=O)NCc1cnc(-c2cnc(NCC3(c4ncccc4F)CC(C)C3)nn2)s1. The van der Waals surface area contributed by atoms with Gasteiger partial charge in [-0.15, -0.1) is 21.5 Å². The first-order valence-corrected chi connectivity index (χ1v) is 10.5. The third-order valence-electron chi connectivity index (χ3n) is 5.17. The molecule has 0 bridgehead atoms. The van der Waals surface area contributed by atoms with Gasteiger partial charge in [0.2, 0.25) is 11.9 Å². The third-order valence-corrected chi connectivity index (χ3v) is 6.19. The van der Waals surface area contributed by atoms with E-state index in [4.69, 9.17) is 0 Å². The maximum atomic E-state index is 14.3. The van der Waals surface area contributed by atoms with Crippen LogP contribution in [0, 0.1) is 11.7 Å². The van der Waals surface area contributed by atoms with Gasteiger partial charge in [-0.05, 0) is 30.9 Å². The molecule has 156 valence electrons. The largest absolute Gasteiger partial charge is 0.352 e. The molecule has 0 spiro atoms. The lowest BCUT2D eigenvalue weighted by Gasteiger charge is -2.46. The zero-order valence-electron chi connectivity index (χ0n) is 16.7. The Kier molecular flexibility index (Phi) is 5.67. The van der Waals surface area contributed by atoms with Crippen molar-refractivity contribution in [3.05, 3.63) is 47.1 Å². The minimum atomic E-state index is -0.360. The lowest BCUT2D eigenvalue weighted by molar-refractivity contribution is -0.119. The summed E-state index contributed by atoms with van der Waals surface area (Å²) in [7, 11) is 0. The molecule has 0 unspecified atom stereocenters. The van der Waals surface area contributed by atoms with E-state index in [2.05, 4.69) is 42.7 Å². The van der Waals surface area contributed by atoms with Crippen LogP contribution < -0.4 is 10.6 Å². The van der Waals surface area contributed by atoms with Gasteiger partial charge in [-0.2, -0.15) is 0 Å². The fourth-order valence-electron chi connectivity index (χ4n) is 3.89. The van der Waals surface area contributed by atoms with Crippen LogP contribution in [0.5, 0.6) is 0 Å². The van der Waals surface area contributed by atoms with Crippen LogP contribution in [0.2, 0.25) is 0 Å². The molecule has 0 radical (unpaired) electrons. The van der Waals surface area contributed by atoms with Gasteiger partial charge in [0.05, 0.1) is 18.4 Å². The van der Waals surface area contributed by atoms with Crippen LogP contribution in [0.1, 0.15) is 37.3 Å². The van der Waals surface area contributed by atoms with Crippen molar-refractivity contribution in [1.29, 1.82) is 0 Å². The van der Waals surface area contributed by atoms with Gasteiger partial charge in [-0.1, -0.05) is 6.92 Å². The molecule has 3 heterocycles. The molecule has 3 aromatic heterocycles. The molecule has 8 nitrogen and oxygen atoms in total. The van der Waals surface area contributed by atoms with Crippen molar-refractivity contribution in [1.82, 2.24) is 30.5 Å². The van der Waals surface area contributed by atoms with Gasteiger partial charge in [0.15, 0.2) is 0 Å². The van der Waals surface area contributed by atoms with E-state index >= 15 is 0 Å². The molecular formula is C20H22FN7OS. The van der Waals surface area contributed by atoms with Gasteiger partial charge in [-0.3, -0.25) is 9.78 Å². The number of aromatic nitrogens is 5. The summed E-state index contributed by atoms with van der Waals surface area (Å²) in [5, 5.41) is 15.0. The number of rotatable bonds is 7. The van der Waals surface area contributed by atoms with E-state index in [9.17, 15) is 9.18 Å². The van der Waals surface area contributed by atoms with E-state index in [0.29, 0.717) is 41.4 Å². The maximum absolute atomic E-state index is 14.3. The molecule has 4 rings (SSSR count). The van der Waals surface area contributed by atoms with Gasteiger partial charge >= 0.3 is 0 Å². The average molecular weight is 428 g/mol. The first-order chi connectivity index (χ1) is 14.4. The fraction of sp³-hybridized carbons (Fsp3) is 0.400. The fourth-order valence-corrected chi connectivity index (χ4v) is 4.69. The number of carbonyl (C=O) groups excluding carboxylic acids is 1. The average Bonchev–Trinajstić information content (AvgIpc) is 3.19. The molecule has 1 aliphatic carbocycles. The van der Waals surface area contributed by atoms with Crippen LogP contribution in [-0.4, -0.2) is 37.6 Å². The van der Waals surface area contributed by atoms with Crippen molar-refractivity contribution < 1.29 is 9.18 Å². The normalized spacial score (nSPS) is 20.4. The van der Waals surface area contributed by atoms with Crippen LogP contribution in [-0.2, 0) is 16.8 Å². The number of anilines is 1. The zero-order chi connectivity index (χ0) is 21.1. The Balaban J connectivity index is 1.42. The van der Waals surface area contributed by atoms with Gasteiger partial charge in [0, 0.05) is 36.2 Å². The topological polar surface area (TPSA) is 106 Å². The monoisotopic (exact) mass is 427 g/mol. The highest BCUT2D eigenvalue weighted by Crippen LogP contribution is 2.47. The quantitative estimate of drug-likeness (QED) is 0.597. The van der Waals surface area contributed by atoms with Gasteiger partial charge in [-0.25, -0.2) is 14.4 Å². The predicted octanol–water partition coefficient (Wildman–Crippen LogP) is 2.95. The number of carbonyl (C=O) groups is 1. The van der Waals surface area contributed by atoms with Crippen molar-refractivity contribution in [3.63, 3.8) is 0 Å². The maximum Gasteiger partial charge on any atom is 0.242 e. The molecule has 10 heteroatoms. The molecule has 1 amide bonds. The van der Waals surface area contributed by atoms with E-state index in [1.165, 1.54) is 24.3 Å². The predicted molar refractivity (Wildman–Crippen MR) is 111 cm³/mol. The molecule has 1 fully saturated rings. The number of pyridine rings is 1. The molecule has 3 aromatic rings. The van der Waals surface area contributed by atoms with Crippen molar-refractivity contribution in [2.24, 2.45) is 5.92 Å². The van der Waals surface area contributed by atoms with Crippen LogP contribution in [0.4, 0.5) is 10.3 Å². The van der Waals surface area contributed by atoms with E-state index in [-0.39, 0.29) is 17.1 Å². The smallest absolute Gasteiger partial charge is 0.242 e. The summed E-state index contributed by atoms with van der Waals surface area (Å²) < 4.78 is 14.3. The Morgan fingerprint density at radius 2 is 2.10 bits per heavy atom. The second-order valence-corrected chi connectivity index (χ2v) is 8.80. The van der Waals surface area contributed by atoms with Crippen LogP contribution in [0.3, 0.4) is 0 Å². The van der Waals surface area contributed by atoms with Gasteiger partial charge in [0.1, 0.15) is 16.5 Å². The first kappa shape index (κ1) is 20.3. The van der Waals surface area contributed by atoms with Crippen LogP contribution in [0.25, 0.3) is 10.7 Å². The second-order valence-electron chi connectivity index (χ2n) is 7.69. The molecule has 0 aromatic carbocycles. The molecule has 2 N–H and O–H groups in total. The second kappa shape index (κ2) is 8.39. The van der Waals surface area contributed by atoms with E-state index in [0.717, 1.165) is 17.7 Å². The summed E-state index contributed by atoms with van der Waals surface area (Å²) in [6.07, 6.45) is 6.65.